The molecule has 5 aromatic heterocycles. The Balaban J connectivity index is 0.000000216. The third-order valence-electron chi connectivity index (χ3n) is 9.08. The zero-order valence-corrected chi connectivity index (χ0v) is 32.1. The summed E-state index contributed by atoms with van der Waals surface area (Å²) in [5.74, 6) is 1.87. The summed E-state index contributed by atoms with van der Waals surface area (Å²) < 4.78 is 7.85. The van der Waals surface area contributed by atoms with Gasteiger partial charge in [0.15, 0.2) is 17.5 Å². The Morgan fingerprint density at radius 3 is 1.94 bits per heavy atom. The molecular weight excluding hydrogens is 863 g/mol. The molecule has 0 saturated carbocycles. The van der Waals surface area contributed by atoms with E-state index in [2.05, 4.69) is 75.7 Å². The zero-order chi connectivity index (χ0) is 35.6. The van der Waals surface area contributed by atoms with Crippen LogP contribution in [0.2, 0.25) is 0 Å². The standard InChI is InChI=1S/C33H22N5.C12H7N2S.Ir/c1-38-29-18-9-8-15-25(29)26-16-10-17-27(30(26)38)28-21-24(19-20-34-28)33-36-31(22-11-4-2-5-12-22)35-32(37-33)23-13-6-3-7-14-23;1-2-6-11-10(5-1)12(14-15-11)9-4-3-7-13-8-9;/h2-16,18-21H,1H3;1-7H;/q2*-1;. The molecule has 5 aromatic carbocycles. The minimum absolute atomic E-state index is 0. The van der Waals surface area contributed by atoms with Crippen molar-refractivity contribution in [3.8, 4) is 56.7 Å². The minimum Gasteiger partial charge on any atom is -0.383 e. The number of hydrogen-bond donors (Lipinski definition) is 0. The number of pyridine rings is 2. The van der Waals surface area contributed by atoms with Crippen LogP contribution in [0.15, 0.2) is 158 Å². The summed E-state index contributed by atoms with van der Waals surface area (Å²) in [6.07, 6.45) is 6.49. The normalized spacial score (nSPS) is 10.9. The van der Waals surface area contributed by atoms with Crippen molar-refractivity contribution >= 4 is 43.4 Å². The van der Waals surface area contributed by atoms with Crippen LogP contribution in [-0.4, -0.2) is 33.9 Å². The Morgan fingerprint density at radius 2 is 1.24 bits per heavy atom. The summed E-state index contributed by atoms with van der Waals surface area (Å²) in [4.78, 5) is 23.3. The van der Waals surface area contributed by atoms with E-state index in [0.717, 1.165) is 44.7 Å². The number of aryl methyl sites for hydroxylation is 1. The Morgan fingerprint density at radius 1 is 0.593 bits per heavy atom. The number of fused-ring (bicyclic) bond motifs is 4. The topological polar surface area (TPSA) is 82.3 Å². The van der Waals surface area contributed by atoms with E-state index < -0.39 is 0 Å². The zero-order valence-electron chi connectivity index (χ0n) is 28.9. The van der Waals surface area contributed by atoms with Gasteiger partial charge in [0.05, 0.1) is 0 Å². The van der Waals surface area contributed by atoms with Gasteiger partial charge in [-0.15, -0.1) is 41.5 Å². The van der Waals surface area contributed by atoms with Crippen LogP contribution in [0.3, 0.4) is 0 Å². The number of aromatic nitrogens is 7. The van der Waals surface area contributed by atoms with Crippen LogP contribution < -0.4 is 0 Å². The van der Waals surface area contributed by atoms with E-state index in [9.17, 15) is 0 Å². The van der Waals surface area contributed by atoms with Gasteiger partial charge in [0.2, 0.25) is 0 Å². The Kier molecular flexibility index (Phi) is 9.92. The molecule has 7 nitrogen and oxygen atoms in total. The quantitative estimate of drug-likeness (QED) is 0.160. The largest absolute Gasteiger partial charge is 0.383 e. The summed E-state index contributed by atoms with van der Waals surface area (Å²) in [7, 11) is 2.09. The molecule has 9 heteroatoms. The maximum absolute atomic E-state index is 4.88. The van der Waals surface area contributed by atoms with E-state index in [0.29, 0.717) is 17.5 Å². The summed E-state index contributed by atoms with van der Waals surface area (Å²) in [6.45, 7) is 0. The van der Waals surface area contributed by atoms with Gasteiger partial charge in [0, 0.05) is 66.0 Å². The molecule has 0 aliphatic heterocycles. The van der Waals surface area contributed by atoms with Crippen molar-refractivity contribution in [1.29, 1.82) is 0 Å². The summed E-state index contributed by atoms with van der Waals surface area (Å²) in [5.41, 5.74) is 8.73. The van der Waals surface area contributed by atoms with Gasteiger partial charge in [-0.3, -0.25) is 0 Å². The average molecular weight is 892 g/mol. The molecule has 0 atom stereocenters. The predicted octanol–water partition coefficient (Wildman–Crippen LogP) is 10.5. The number of rotatable bonds is 5. The molecule has 10 rings (SSSR count). The first-order valence-corrected chi connectivity index (χ1v) is 17.9. The monoisotopic (exact) mass is 892 g/mol. The Bertz CT molecular complexity index is 2800. The summed E-state index contributed by atoms with van der Waals surface area (Å²) in [6, 6.07) is 52.1. The number of benzene rings is 5. The van der Waals surface area contributed by atoms with Gasteiger partial charge in [-0.2, -0.15) is 0 Å². The first kappa shape index (κ1) is 34.8. The van der Waals surface area contributed by atoms with Gasteiger partial charge in [-0.1, -0.05) is 115 Å². The van der Waals surface area contributed by atoms with Gasteiger partial charge >= 0.3 is 0 Å². The molecular formula is C45H29IrN7S-2. The molecule has 0 amide bonds. The molecule has 0 bridgehead atoms. The Hall–Kier alpha value is -6.25. The van der Waals surface area contributed by atoms with Crippen molar-refractivity contribution in [2.24, 2.45) is 7.05 Å². The summed E-state index contributed by atoms with van der Waals surface area (Å²) in [5, 5.41) is 3.57. The minimum atomic E-state index is 0. The molecule has 1 radical (unpaired) electrons. The molecule has 0 spiro atoms. The summed E-state index contributed by atoms with van der Waals surface area (Å²) >= 11 is 1.51. The van der Waals surface area contributed by atoms with E-state index >= 15 is 0 Å². The molecule has 0 N–H and O–H groups in total. The molecule has 54 heavy (non-hydrogen) atoms. The van der Waals surface area contributed by atoms with Crippen LogP contribution in [0.25, 0.3) is 88.6 Å². The number of para-hydroxylation sites is 1. The number of nitrogens with zero attached hydrogens (tertiary/aromatic N) is 7. The van der Waals surface area contributed by atoms with Crippen LogP contribution >= 0.6 is 11.5 Å². The van der Waals surface area contributed by atoms with Crippen LogP contribution in [0.5, 0.6) is 0 Å². The maximum atomic E-state index is 4.88. The molecule has 261 valence electrons. The van der Waals surface area contributed by atoms with E-state index in [4.69, 9.17) is 19.9 Å². The second-order valence-electron chi connectivity index (χ2n) is 12.3. The van der Waals surface area contributed by atoms with Crippen molar-refractivity contribution in [2.45, 2.75) is 0 Å². The van der Waals surface area contributed by atoms with Crippen molar-refractivity contribution in [3.05, 3.63) is 170 Å². The molecule has 0 aliphatic rings. The number of hydrogen-bond acceptors (Lipinski definition) is 7. The molecule has 0 fully saturated rings. The molecule has 0 aliphatic carbocycles. The fraction of sp³-hybridized carbons (Fsp3) is 0.0222. The fourth-order valence-electron chi connectivity index (χ4n) is 6.55. The third kappa shape index (κ3) is 6.72. The predicted molar refractivity (Wildman–Crippen MR) is 214 cm³/mol. The third-order valence-corrected chi connectivity index (χ3v) is 9.90. The Labute approximate surface area is 329 Å². The smallest absolute Gasteiger partial charge is 0.164 e. The van der Waals surface area contributed by atoms with Gasteiger partial charge in [-0.25, -0.2) is 19.3 Å². The van der Waals surface area contributed by atoms with Gasteiger partial charge in [0.1, 0.15) is 0 Å². The second-order valence-corrected chi connectivity index (χ2v) is 13.2. The first-order chi connectivity index (χ1) is 26.2. The SMILES string of the molecule is Cn1c2ccccc2c2cc[c-]c(-c3cc(-c4nc(-c5ccccc5)nc(-c5ccccc5)n4)ccn3)c21.[Ir].[c-]1ncccc1-c1nsc2ccccc12. The second kappa shape index (κ2) is 15.4. The van der Waals surface area contributed by atoms with Crippen LogP contribution in [-0.2, 0) is 27.2 Å². The average Bonchev–Trinajstić information content (AvgIpc) is 3.81. The van der Waals surface area contributed by atoms with E-state index in [-0.39, 0.29) is 20.1 Å². The van der Waals surface area contributed by atoms with Crippen LogP contribution in [0.1, 0.15) is 0 Å². The van der Waals surface area contributed by atoms with Crippen molar-refractivity contribution in [2.75, 3.05) is 0 Å². The molecule has 0 saturated heterocycles. The fourth-order valence-corrected chi connectivity index (χ4v) is 7.34. The van der Waals surface area contributed by atoms with Crippen molar-refractivity contribution in [1.82, 2.24) is 33.9 Å². The van der Waals surface area contributed by atoms with Crippen molar-refractivity contribution < 1.29 is 20.1 Å². The molecule has 0 unspecified atom stereocenters. The van der Waals surface area contributed by atoms with E-state index in [1.54, 1.807) is 6.20 Å². The maximum Gasteiger partial charge on any atom is 0.164 e. The van der Waals surface area contributed by atoms with E-state index in [1.807, 2.05) is 109 Å². The molecule has 10 aromatic rings. The van der Waals surface area contributed by atoms with Crippen LogP contribution in [0, 0.1) is 12.3 Å². The van der Waals surface area contributed by atoms with Crippen molar-refractivity contribution in [3.63, 3.8) is 0 Å². The van der Waals surface area contributed by atoms with Gasteiger partial charge in [-0.05, 0) is 57.9 Å². The van der Waals surface area contributed by atoms with E-state index in [1.165, 1.54) is 37.9 Å². The molecule has 5 heterocycles. The van der Waals surface area contributed by atoms with Gasteiger partial charge < -0.3 is 14.5 Å². The van der Waals surface area contributed by atoms with Gasteiger partial charge in [0.25, 0.3) is 0 Å². The first-order valence-electron chi connectivity index (χ1n) is 17.1. The van der Waals surface area contributed by atoms with Crippen LogP contribution in [0.4, 0.5) is 0 Å².